The summed E-state index contributed by atoms with van der Waals surface area (Å²) in [5.41, 5.74) is 0.878. The Hall–Kier alpha value is -1.55. The fourth-order valence-electron chi connectivity index (χ4n) is 1.99. The Labute approximate surface area is 163 Å². The van der Waals surface area contributed by atoms with E-state index in [1.807, 2.05) is 38.2 Å². The monoisotopic (exact) mass is 462 g/mol. The number of halogens is 1. The fourth-order valence-corrected chi connectivity index (χ4v) is 2.71. The molecular weight excluding hydrogens is 439 g/mol. The molecule has 132 valence electrons. The molecule has 0 aliphatic heterocycles. The molecule has 0 amide bonds. The second kappa shape index (κ2) is 10.3. The summed E-state index contributed by atoms with van der Waals surface area (Å²) in [5, 5.41) is 7.54. The van der Waals surface area contributed by atoms with Crippen LogP contribution in [0.15, 0.2) is 29.4 Å². The third-order valence-electron chi connectivity index (χ3n) is 3.05. The Bertz CT molecular complexity index is 676. The van der Waals surface area contributed by atoms with Crippen LogP contribution in [-0.2, 0) is 6.54 Å². The number of hydrogen-bond acceptors (Lipinski definition) is 5. The van der Waals surface area contributed by atoms with Crippen molar-refractivity contribution >= 4 is 47.0 Å². The second-order valence-corrected chi connectivity index (χ2v) is 6.05. The number of methoxy groups -OCH3 is 2. The Balaban J connectivity index is 0.00000288. The van der Waals surface area contributed by atoms with Crippen LogP contribution in [0.3, 0.4) is 0 Å². The third-order valence-corrected chi connectivity index (χ3v) is 3.95. The van der Waals surface area contributed by atoms with Gasteiger partial charge in [-0.05, 0) is 26.0 Å². The first-order chi connectivity index (χ1) is 11.2. The maximum atomic E-state index is 5.32. The Kier molecular flexibility index (Phi) is 8.83. The molecule has 0 atom stereocenters. The van der Waals surface area contributed by atoms with Gasteiger partial charge in [-0.15, -0.1) is 35.3 Å². The van der Waals surface area contributed by atoms with Crippen LogP contribution in [0.1, 0.15) is 16.8 Å². The van der Waals surface area contributed by atoms with E-state index < -0.39 is 0 Å². The van der Waals surface area contributed by atoms with Gasteiger partial charge in [0.15, 0.2) is 17.5 Å². The van der Waals surface area contributed by atoms with Crippen molar-refractivity contribution in [1.29, 1.82) is 0 Å². The van der Waals surface area contributed by atoms with E-state index in [4.69, 9.17) is 9.47 Å². The Morgan fingerprint density at radius 2 is 2.00 bits per heavy atom. The van der Waals surface area contributed by atoms with E-state index in [1.54, 1.807) is 25.6 Å². The van der Waals surface area contributed by atoms with Gasteiger partial charge in [0.2, 0.25) is 0 Å². The molecule has 0 bridgehead atoms. The molecule has 2 aromatic rings. The average Bonchev–Trinajstić information content (AvgIpc) is 2.98. The molecule has 8 heteroatoms. The van der Waals surface area contributed by atoms with Crippen LogP contribution in [0.5, 0.6) is 11.5 Å². The van der Waals surface area contributed by atoms with Crippen molar-refractivity contribution in [2.45, 2.75) is 20.4 Å². The topological polar surface area (TPSA) is 67.8 Å². The maximum Gasteiger partial charge on any atom is 0.196 e. The van der Waals surface area contributed by atoms with Gasteiger partial charge in [0.1, 0.15) is 0 Å². The van der Waals surface area contributed by atoms with Gasteiger partial charge in [-0.1, -0.05) is 0 Å². The fraction of sp³-hybridized carbons (Fsp3) is 0.375. The molecule has 24 heavy (non-hydrogen) atoms. The minimum absolute atomic E-state index is 0. The molecule has 0 aliphatic carbocycles. The number of benzene rings is 1. The molecule has 0 saturated heterocycles. The van der Waals surface area contributed by atoms with Gasteiger partial charge < -0.3 is 20.1 Å². The Morgan fingerprint density at radius 3 is 2.58 bits per heavy atom. The summed E-state index contributed by atoms with van der Waals surface area (Å²) in [6, 6.07) is 5.66. The number of aryl methyl sites for hydroxylation is 1. The van der Waals surface area contributed by atoms with Crippen LogP contribution in [0.25, 0.3) is 0 Å². The minimum atomic E-state index is 0. The number of anilines is 1. The van der Waals surface area contributed by atoms with E-state index in [0.717, 1.165) is 22.1 Å². The van der Waals surface area contributed by atoms with Gasteiger partial charge in [0.25, 0.3) is 0 Å². The lowest BCUT2D eigenvalue weighted by Gasteiger charge is -2.13. The highest BCUT2D eigenvalue weighted by atomic mass is 127. The molecule has 1 heterocycles. The lowest BCUT2D eigenvalue weighted by molar-refractivity contribution is 0.355. The van der Waals surface area contributed by atoms with Gasteiger partial charge in [-0.25, -0.2) is 9.98 Å². The van der Waals surface area contributed by atoms with Crippen LogP contribution < -0.4 is 20.1 Å². The number of ether oxygens (including phenoxy) is 2. The molecule has 0 unspecified atom stereocenters. The Morgan fingerprint density at radius 1 is 1.25 bits per heavy atom. The lowest BCUT2D eigenvalue weighted by atomic mass is 10.3. The smallest absolute Gasteiger partial charge is 0.196 e. The zero-order valence-corrected chi connectivity index (χ0v) is 17.4. The highest BCUT2D eigenvalue weighted by Gasteiger charge is 2.06. The van der Waals surface area contributed by atoms with Crippen molar-refractivity contribution in [1.82, 2.24) is 10.3 Å². The zero-order chi connectivity index (χ0) is 16.7. The normalized spacial score (nSPS) is 10.8. The number of aromatic nitrogens is 1. The molecule has 6 nitrogen and oxygen atoms in total. The summed E-state index contributed by atoms with van der Waals surface area (Å²) in [5.74, 6) is 2.08. The molecule has 1 aromatic heterocycles. The van der Waals surface area contributed by atoms with Gasteiger partial charge in [-0.3, -0.25) is 0 Å². The zero-order valence-electron chi connectivity index (χ0n) is 14.3. The SMILES string of the molecule is CCNC(=NCc1cnc(C)s1)Nc1ccc(OC)c(OC)c1.I. The first kappa shape index (κ1) is 20.5. The summed E-state index contributed by atoms with van der Waals surface area (Å²) in [6.07, 6.45) is 1.86. The lowest BCUT2D eigenvalue weighted by Crippen LogP contribution is -2.30. The van der Waals surface area contributed by atoms with Crippen LogP contribution in [0.4, 0.5) is 5.69 Å². The van der Waals surface area contributed by atoms with Gasteiger partial charge in [-0.2, -0.15) is 0 Å². The van der Waals surface area contributed by atoms with Crippen molar-refractivity contribution in [3.05, 3.63) is 34.3 Å². The number of nitrogens with zero attached hydrogens (tertiary/aromatic N) is 2. The highest BCUT2D eigenvalue weighted by Crippen LogP contribution is 2.29. The average molecular weight is 462 g/mol. The minimum Gasteiger partial charge on any atom is -0.493 e. The van der Waals surface area contributed by atoms with Gasteiger partial charge in [0.05, 0.1) is 25.8 Å². The van der Waals surface area contributed by atoms with Gasteiger partial charge >= 0.3 is 0 Å². The summed E-state index contributed by atoms with van der Waals surface area (Å²) in [6.45, 7) is 5.39. The molecule has 2 rings (SSSR count). The molecule has 0 fully saturated rings. The number of thiazole rings is 1. The molecule has 0 saturated carbocycles. The number of guanidine groups is 1. The molecule has 2 N–H and O–H groups in total. The molecular formula is C16H23IN4O2S. The molecule has 0 spiro atoms. The van der Waals surface area contributed by atoms with Crippen LogP contribution >= 0.6 is 35.3 Å². The van der Waals surface area contributed by atoms with Crippen molar-refractivity contribution in [2.75, 3.05) is 26.1 Å². The number of aliphatic imine (C=N–C) groups is 1. The van der Waals surface area contributed by atoms with E-state index >= 15 is 0 Å². The predicted molar refractivity (Wildman–Crippen MR) is 110 cm³/mol. The van der Waals surface area contributed by atoms with E-state index in [2.05, 4.69) is 20.6 Å². The van der Waals surface area contributed by atoms with Crippen LogP contribution in [0.2, 0.25) is 0 Å². The van der Waals surface area contributed by atoms with Gasteiger partial charge in [0, 0.05) is 29.4 Å². The maximum absolute atomic E-state index is 5.32. The molecule has 1 aromatic carbocycles. The van der Waals surface area contributed by atoms with E-state index in [9.17, 15) is 0 Å². The first-order valence-electron chi connectivity index (χ1n) is 7.35. The third kappa shape index (κ3) is 5.82. The van der Waals surface area contributed by atoms with Crippen molar-refractivity contribution in [2.24, 2.45) is 4.99 Å². The standard InChI is InChI=1S/C16H22N4O2S.HI/c1-5-17-16(19-10-13-9-18-11(2)23-13)20-12-6-7-14(21-3)15(8-12)22-4;/h6-9H,5,10H2,1-4H3,(H2,17,19,20);1H. The van der Waals surface area contributed by atoms with Crippen LogP contribution in [0, 0.1) is 6.92 Å². The van der Waals surface area contributed by atoms with E-state index in [0.29, 0.717) is 24.0 Å². The van der Waals surface area contributed by atoms with E-state index in [-0.39, 0.29) is 24.0 Å². The number of nitrogens with one attached hydrogen (secondary N) is 2. The van der Waals surface area contributed by atoms with E-state index in [1.165, 1.54) is 0 Å². The number of hydrogen-bond donors (Lipinski definition) is 2. The number of rotatable bonds is 6. The summed E-state index contributed by atoms with van der Waals surface area (Å²) >= 11 is 1.65. The summed E-state index contributed by atoms with van der Waals surface area (Å²) in [4.78, 5) is 9.96. The second-order valence-electron chi connectivity index (χ2n) is 4.74. The summed E-state index contributed by atoms with van der Waals surface area (Å²) < 4.78 is 10.6. The largest absolute Gasteiger partial charge is 0.493 e. The van der Waals surface area contributed by atoms with Crippen molar-refractivity contribution in [3.8, 4) is 11.5 Å². The predicted octanol–water partition coefficient (Wildman–Crippen LogP) is 3.66. The molecule has 0 radical (unpaired) electrons. The molecule has 0 aliphatic rings. The van der Waals surface area contributed by atoms with Crippen LogP contribution in [-0.4, -0.2) is 31.7 Å². The van der Waals surface area contributed by atoms with Crippen molar-refractivity contribution in [3.63, 3.8) is 0 Å². The van der Waals surface area contributed by atoms with Crippen molar-refractivity contribution < 1.29 is 9.47 Å². The highest BCUT2D eigenvalue weighted by molar-refractivity contribution is 14.0. The summed E-state index contributed by atoms with van der Waals surface area (Å²) in [7, 11) is 3.24. The first-order valence-corrected chi connectivity index (χ1v) is 8.16. The quantitative estimate of drug-likeness (QED) is 0.390.